The summed E-state index contributed by atoms with van der Waals surface area (Å²) in [5.74, 6) is 0.172. The molecule has 0 bridgehead atoms. The van der Waals surface area contributed by atoms with Gasteiger partial charge in [0.2, 0.25) is 0 Å². The summed E-state index contributed by atoms with van der Waals surface area (Å²) in [5, 5.41) is 14.6. The smallest absolute Gasteiger partial charge is 0.307 e. The Morgan fingerprint density at radius 3 is 2.96 bits per heavy atom. The Morgan fingerprint density at radius 1 is 1.38 bits per heavy atom. The summed E-state index contributed by atoms with van der Waals surface area (Å²) in [7, 11) is 0. The van der Waals surface area contributed by atoms with Gasteiger partial charge in [-0.2, -0.15) is 5.10 Å². The Balaban J connectivity index is 1.75. The van der Waals surface area contributed by atoms with Gasteiger partial charge in [-0.25, -0.2) is 5.43 Å². The molecule has 6 nitrogen and oxygen atoms in total. The SMILES string of the molecule is CCOc1ccc2oc(C(=O)N/N=C\c3cc(Br)cc(Cl)c3O)cc2c1. The quantitative estimate of drug-likeness (QED) is 0.447. The Morgan fingerprint density at radius 2 is 2.19 bits per heavy atom. The molecule has 0 saturated heterocycles. The number of halogens is 2. The van der Waals surface area contributed by atoms with Crippen LogP contribution in [0, 0.1) is 0 Å². The number of amides is 1. The van der Waals surface area contributed by atoms with Crippen LogP contribution >= 0.6 is 27.5 Å². The lowest BCUT2D eigenvalue weighted by molar-refractivity contribution is 0.0929. The predicted molar refractivity (Wildman–Crippen MR) is 103 cm³/mol. The molecule has 0 radical (unpaired) electrons. The number of furan rings is 1. The molecule has 134 valence electrons. The molecule has 2 aromatic carbocycles. The van der Waals surface area contributed by atoms with Crippen LogP contribution in [0.25, 0.3) is 11.0 Å². The molecule has 3 rings (SSSR count). The molecule has 1 heterocycles. The molecule has 0 aliphatic carbocycles. The summed E-state index contributed by atoms with van der Waals surface area (Å²) < 4.78 is 11.6. The monoisotopic (exact) mass is 436 g/mol. The van der Waals surface area contributed by atoms with E-state index >= 15 is 0 Å². The van der Waals surface area contributed by atoms with E-state index in [1.165, 1.54) is 6.21 Å². The van der Waals surface area contributed by atoms with Crippen molar-refractivity contribution in [3.8, 4) is 11.5 Å². The van der Waals surface area contributed by atoms with Crippen LogP contribution in [-0.2, 0) is 0 Å². The number of phenols is 1. The van der Waals surface area contributed by atoms with E-state index in [2.05, 4.69) is 26.5 Å². The van der Waals surface area contributed by atoms with Gasteiger partial charge in [0.25, 0.3) is 0 Å². The standard InChI is InChI=1S/C18H14BrClN2O4/c1-2-25-13-3-4-15-10(6-13)7-16(26-15)18(24)22-21-9-11-5-12(19)8-14(20)17(11)23/h3-9,23H,2H2,1H3,(H,22,24)/b21-9-. The van der Waals surface area contributed by atoms with Crippen molar-refractivity contribution < 1.29 is 19.1 Å². The van der Waals surface area contributed by atoms with Gasteiger partial charge in [0.15, 0.2) is 5.76 Å². The van der Waals surface area contributed by atoms with Crippen molar-refractivity contribution in [3.63, 3.8) is 0 Å². The molecule has 0 fully saturated rings. The molecular formula is C18H14BrClN2O4. The third-order valence-electron chi connectivity index (χ3n) is 3.45. The highest BCUT2D eigenvalue weighted by atomic mass is 79.9. The van der Waals surface area contributed by atoms with Crippen LogP contribution in [0.4, 0.5) is 0 Å². The third kappa shape index (κ3) is 4.00. The molecule has 0 atom stereocenters. The first-order valence-corrected chi connectivity index (χ1v) is 8.83. The molecule has 2 N–H and O–H groups in total. The van der Waals surface area contributed by atoms with E-state index in [-0.39, 0.29) is 16.5 Å². The number of hydrogen-bond donors (Lipinski definition) is 2. The summed E-state index contributed by atoms with van der Waals surface area (Å²) in [4.78, 5) is 12.2. The lowest BCUT2D eigenvalue weighted by Crippen LogP contribution is -2.16. The number of aromatic hydroxyl groups is 1. The molecule has 0 saturated carbocycles. The molecule has 1 amide bonds. The van der Waals surface area contributed by atoms with Crippen LogP contribution in [0.15, 0.2) is 50.4 Å². The highest BCUT2D eigenvalue weighted by molar-refractivity contribution is 9.10. The maximum atomic E-state index is 12.2. The second-order valence-electron chi connectivity index (χ2n) is 5.27. The first kappa shape index (κ1) is 18.3. The van der Waals surface area contributed by atoms with Crippen molar-refractivity contribution in [1.82, 2.24) is 5.43 Å². The van der Waals surface area contributed by atoms with Crippen molar-refractivity contribution in [1.29, 1.82) is 0 Å². The first-order valence-electron chi connectivity index (χ1n) is 7.65. The van der Waals surface area contributed by atoms with Gasteiger partial charge < -0.3 is 14.3 Å². The molecule has 0 aliphatic heterocycles. The summed E-state index contributed by atoms with van der Waals surface area (Å²) in [5.41, 5.74) is 3.28. The zero-order valence-electron chi connectivity index (χ0n) is 13.6. The number of hydrogen-bond acceptors (Lipinski definition) is 5. The zero-order valence-corrected chi connectivity index (χ0v) is 16.0. The fourth-order valence-electron chi connectivity index (χ4n) is 2.29. The number of fused-ring (bicyclic) bond motifs is 1. The number of carbonyl (C=O) groups excluding carboxylic acids is 1. The van der Waals surface area contributed by atoms with Crippen molar-refractivity contribution in [3.05, 3.63) is 57.2 Å². The van der Waals surface area contributed by atoms with E-state index in [4.69, 9.17) is 20.8 Å². The fourth-order valence-corrected chi connectivity index (χ4v) is 3.12. The average molecular weight is 438 g/mol. The van der Waals surface area contributed by atoms with E-state index in [0.29, 0.717) is 28.0 Å². The van der Waals surface area contributed by atoms with Crippen LogP contribution in [0.3, 0.4) is 0 Å². The minimum Gasteiger partial charge on any atom is -0.506 e. The lowest BCUT2D eigenvalue weighted by Gasteiger charge is -2.02. The highest BCUT2D eigenvalue weighted by Gasteiger charge is 2.12. The van der Waals surface area contributed by atoms with Gasteiger partial charge in [-0.1, -0.05) is 27.5 Å². The molecular weight excluding hydrogens is 424 g/mol. The normalized spacial score (nSPS) is 11.2. The minimum atomic E-state index is -0.518. The molecule has 0 spiro atoms. The number of carbonyl (C=O) groups is 1. The summed E-state index contributed by atoms with van der Waals surface area (Å²) in [6.07, 6.45) is 1.29. The van der Waals surface area contributed by atoms with Gasteiger partial charge in [-0.15, -0.1) is 0 Å². The van der Waals surface area contributed by atoms with Crippen molar-refractivity contribution in [2.45, 2.75) is 6.92 Å². The Hall–Kier alpha value is -2.51. The van der Waals surface area contributed by atoms with Crippen LogP contribution < -0.4 is 10.2 Å². The first-order chi connectivity index (χ1) is 12.5. The second-order valence-corrected chi connectivity index (χ2v) is 6.59. The maximum absolute atomic E-state index is 12.2. The van der Waals surface area contributed by atoms with Crippen LogP contribution in [0.2, 0.25) is 5.02 Å². The van der Waals surface area contributed by atoms with E-state index in [0.717, 1.165) is 5.39 Å². The van der Waals surface area contributed by atoms with Gasteiger partial charge in [0, 0.05) is 15.4 Å². The number of benzene rings is 2. The third-order valence-corrected chi connectivity index (χ3v) is 4.20. The molecule has 0 unspecified atom stereocenters. The number of rotatable bonds is 5. The van der Waals surface area contributed by atoms with Gasteiger partial charge >= 0.3 is 5.91 Å². The Kier molecular flexibility index (Phi) is 5.49. The topological polar surface area (TPSA) is 84.1 Å². The molecule has 0 aliphatic rings. The van der Waals surface area contributed by atoms with E-state index in [9.17, 15) is 9.90 Å². The molecule has 8 heteroatoms. The minimum absolute atomic E-state index is 0.113. The van der Waals surface area contributed by atoms with Gasteiger partial charge in [-0.05, 0) is 43.3 Å². The van der Waals surface area contributed by atoms with Gasteiger partial charge in [0.1, 0.15) is 17.1 Å². The number of nitrogens with one attached hydrogen (secondary N) is 1. The predicted octanol–water partition coefficient (Wildman–Crippen LogP) is 4.72. The number of ether oxygens (including phenoxy) is 1. The summed E-state index contributed by atoms with van der Waals surface area (Å²) in [6, 6.07) is 10.1. The van der Waals surface area contributed by atoms with E-state index < -0.39 is 5.91 Å². The molecule has 26 heavy (non-hydrogen) atoms. The number of phenolic OH excluding ortho intramolecular Hbond substituents is 1. The number of hydrazone groups is 1. The zero-order chi connectivity index (χ0) is 18.7. The largest absolute Gasteiger partial charge is 0.506 e. The maximum Gasteiger partial charge on any atom is 0.307 e. The Labute approximate surface area is 162 Å². The Bertz CT molecular complexity index is 1000. The highest BCUT2D eigenvalue weighted by Crippen LogP contribution is 2.30. The summed E-state index contributed by atoms with van der Waals surface area (Å²) in [6.45, 7) is 2.45. The van der Waals surface area contributed by atoms with Crippen LogP contribution in [0.5, 0.6) is 11.5 Å². The fraction of sp³-hybridized carbons (Fsp3) is 0.111. The van der Waals surface area contributed by atoms with Crippen molar-refractivity contribution in [2.75, 3.05) is 6.61 Å². The van der Waals surface area contributed by atoms with Crippen LogP contribution in [0.1, 0.15) is 23.0 Å². The summed E-state index contributed by atoms with van der Waals surface area (Å²) >= 11 is 9.15. The van der Waals surface area contributed by atoms with E-state index in [1.54, 1.807) is 36.4 Å². The lowest BCUT2D eigenvalue weighted by atomic mass is 10.2. The number of nitrogens with zero attached hydrogens (tertiary/aromatic N) is 1. The second kappa shape index (κ2) is 7.80. The van der Waals surface area contributed by atoms with Crippen LogP contribution in [-0.4, -0.2) is 23.8 Å². The van der Waals surface area contributed by atoms with Gasteiger partial charge in [0.05, 0.1) is 17.8 Å². The van der Waals surface area contributed by atoms with Gasteiger partial charge in [-0.3, -0.25) is 4.79 Å². The van der Waals surface area contributed by atoms with Crippen molar-refractivity contribution >= 4 is 50.6 Å². The van der Waals surface area contributed by atoms with E-state index in [1.807, 2.05) is 6.92 Å². The molecule has 1 aromatic heterocycles. The average Bonchev–Trinajstić information content (AvgIpc) is 3.02. The van der Waals surface area contributed by atoms with Crippen molar-refractivity contribution in [2.24, 2.45) is 5.10 Å². The molecule has 3 aromatic rings.